The van der Waals surface area contributed by atoms with E-state index in [1.807, 2.05) is 20.8 Å². The van der Waals surface area contributed by atoms with Crippen LogP contribution in [0.5, 0.6) is 0 Å². The Hall–Kier alpha value is -2.37. The number of amides is 2. The van der Waals surface area contributed by atoms with E-state index in [0.717, 1.165) is 38.6 Å². The van der Waals surface area contributed by atoms with Crippen molar-refractivity contribution in [3.63, 3.8) is 0 Å². The number of carbonyl (C=O) groups excluding carboxylic acids is 1. The number of carbonyl (C=O) groups is 1. The summed E-state index contributed by atoms with van der Waals surface area (Å²) in [5.41, 5.74) is 10.5. The number of guanidine groups is 1. The van der Waals surface area contributed by atoms with Gasteiger partial charge in [-0.3, -0.25) is 10.7 Å². The van der Waals surface area contributed by atoms with Crippen LogP contribution in [0.3, 0.4) is 0 Å². The first-order chi connectivity index (χ1) is 14.6. The molecule has 0 spiro atoms. The molecule has 10 N–H and O–H groups in total. The Morgan fingerprint density at radius 3 is 2.61 bits per heavy atom. The molecule has 11 heteroatoms. The molecular weight excluding hydrogens is 398 g/mol. The molecule has 2 atom stereocenters. The number of rotatable bonds is 12. The van der Waals surface area contributed by atoms with Gasteiger partial charge in [-0.05, 0) is 72.0 Å². The molecule has 31 heavy (non-hydrogen) atoms. The van der Waals surface area contributed by atoms with Gasteiger partial charge in [0.25, 0.3) is 0 Å². The lowest BCUT2D eigenvalue weighted by Gasteiger charge is -2.28. The lowest BCUT2D eigenvalue weighted by atomic mass is 10.1. The van der Waals surface area contributed by atoms with Crippen LogP contribution in [0.25, 0.3) is 0 Å². The number of aliphatic hydroxyl groups excluding tert-OH is 1. The highest BCUT2D eigenvalue weighted by Crippen LogP contribution is 2.11. The molecule has 0 radical (unpaired) electrons. The molecule has 1 unspecified atom stereocenters. The third kappa shape index (κ3) is 12.8. The molecule has 0 aromatic heterocycles. The first kappa shape index (κ1) is 26.7. The van der Waals surface area contributed by atoms with Gasteiger partial charge in [-0.2, -0.15) is 0 Å². The third-order valence-electron chi connectivity index (χ3n) is 4.53. The number of amidine groups is 1. The fourth-order valence-corrected chi connectivity index (χ4v) is 3.09. The van der Waals surface area contributed by atoms with Crippen molar-refractivity contribution in [2.75, 3.05) is 26.2 Å². The van der Waals surface area contributed by atoms with Crippen molar-refractivity contribution in [2.45, 2.75) is 70.8 Å². The van der Waals surface area contributed by atoms with Gasteiger partial charge in [0, 0.05) is 30.9 Å². The topological polar surface area (TPSA) is 177 Å². The summed E-state index contributed by atoms with van der Waals surface area (Å²) in [6.45, 7) is 8.50. The lowest BCUT2D eigenvalue weighted by molar-refractivity contribution is 0.0422. The largest absolute Gasteiger partial charge is 0.370 e. The number of urea groups is 1. The van der Waals surface area contributed by atoms with Crippen LogP contribution in [0.1, 0.15) is 52.9 Å². The monoisotopic (exact) mass is 439 g/mol. The fourth-order valence-electron chi connectivity index (χ4n) is 3.09. The van der Waals surface area contributed by atoms with Crippen molar-refractivity contribution in [3.8, 4) is 0 Å². The second-order valence-corrected chi connectivity index (χ2v) is 8.66. The highest BCUT2D eigenvalue weighted by atomic mass is 16.3. The Morgan fingerprint density at radius 1 is 1.29 bits per heavy atom. The summed E-state index contributed by atoms with van der Waals surface area (Å²) in [5, 5.41) is 29.3. The summed E-state index contributed by atoms with van der Waals surface area (Å²) in [6, 6.07) is -0.0322. The molecule has 0 bridgehead atoms. The average Bonchev–Trinajstić information content (AvgIpc) is 2.64. The summed E-state index contributed by atoms with van der Waals surface area (Å²) in [5.74, 6) is 0.314. The number of aliphatic hydroxyl groups is 1. The second kappa shape index (κ2) is 13.8. The maximum atomic E-state index is 11.9. The van der Waals surface area contributed by atoms with Gasteiger partial charge in [0.15, 0.2) is 5.96 Å². The van der Waals surface area contributed by atoms with Gasteiger partial charge in [-0.25, -0.2) is 9.79 Å². The number of aliphatic imine (C=N–C) groups is 1. The summed E-state index contributed by atoms with van der Waals surface area (Å²) in [7, 11) is 0. The Kier molecular flexibility index (Phi) is 11.9. The predicted octanol–water partition coefficient (Wildman–Crippen LogP) is -0.0617. The molecule has 1 heterocycles. The van der Waals surface area contributed by atoms with Gasteiger partial charge in [0.1, 0.15) is 5.84 Å². The number of hydrogen-bond acceptors (Lipinski definition) is 7. The zero-order chi connectivity index (χ0) is 23.3. The fraction of sp³-hybridized carbons (Fsp3) is 0.750. The molecule has 0 aromatic rings. The van der Waals surface area contributed by atoms with E-state index < -0.39 is 6.35 Å². The summed E-state index contributed by atoms with van der Waals surface area (Å²) >= 11 is 0. The van der Waals surface area contributed by atoms with E-state index in [-0.39, 0.29) is 17.5 Å². The third-order valence-corrected chi connectivity index (χ3v) is 4.53. The quantitative estimate of drug-likeness (QED) is 0.119. The average molecular weight is 440 g/mol. The van der Waals surface area contributed by atoms with Crippen molar-refractivity contribution < 1.29 is 9.90 Å². The van der Waals surface area contributed by atoms with Gasteiger partial charge in [0.2, 0.25) is 6.35 Å². The normalized spacial score (nSPS) is 17.1. The van der Waals surface area contributed by atoms with Crippen LogP contribution >= 0.6 is 0 Å². The zero-order valence-electron chi connectivity index (χ0n) is 19.1. The molecule has 2 amide bonds. The minimum absolute atomic E-state index is 0.0104. The van der Waals surface area contributed by atoms with Crippen LogP contribution in [0.15, 0.2) is 17.3 Å². The molecule has 11 nitrogen and oxygen atoms in total. The Morgan fingerprint density at radius 2 is 2.00 bits per heavy atom. The van der Waals surface area contributed by atoms with Crippen LogP contribution in [-0.2, 0) is 0 Å². The highest BCUT2D eigenvalue weighted by molar-refractivity contribution is 6.04. The van der Waals surface area contributed by atoms with E-state index in [1.54, 1.807) is 17.2 Å². The highest BCUT2D eigenvalue weighted by Gasteiger charge is 2.19. The molecule has 0 aliphatic carbocycles. The minimum Gasteiger partial charge on any atom is -0.370 e. The van der Waals surface area contributed by atoms with E-state index in [1.165, 1.54) is 0 Å². The smallest absolute Gasteiger partial charge is 0.320 e. The molecule has 0 fully saturated rings. The Balaban J connectivity index is 2.42. The van der Waals surface area contributed by atoms with Gasteiger partial charge < -0.3 is 37.4 Å². The maximum Gasteiger partial charge on any atom is 0.320 e. The second-order valence-electron chi connectivity index (χ2n) is 8.66. The molecule has 0 aromatic carbocycles. The molecule has 1 aliphatic rings. The predicted molar refractivity (Wildman–Crippen MR) is 125 cm³/mol. The van der Waals surface area contributed by atoms with Crippen LogP contribution in [0.4, 0.5) is 4.79 Å². The molecule has 0 saturated carbocycles. The van der Waals surface area contributed by atoms with E-state index >= 15 is 0 Å². The SMILES string of the molecule is CC(C)(C)NC(=O)NC1=NC(O)N(CCC[C@H](CCCNC(=N)N)NCCCN)C=C1. The van der Waals surface area contributed by atoms with Crippen LogP contribution in [0, 0.1) is 5.41 Å². The number of nitrogens with zero attached hydrogens (tertiary/aromatic N) is 2. The van der Waals surface area contributed by atoms with Gasteiger partial charge in [-0.1, -0.05) is 0 Å². The van der Waals surface area contributed by atoms with E-state index in [4.69, 9.17) is 16.9 Å². The van der Waals surface area contributed by atoms with Gasteiger partial charge in [-0.15, -0.1) is 0 Å². The molecule has 178 valence electrons. The van der Waals surface area contributed by atoms with Crippen molar-refractivity contribution in [1.29, 1.82) is 5.41 Å². The summed E-state index contributed by atoms with van der Waals surface area (Å²) < 4.78 is 0. The maximum absolute atomic E-state index is 11.9. The zero-order valence-corrected chi connectivity index (χ0v) is 19.1. The van der Waals surface area contributed by atoms with Gasteiger partial charge >= 0.3 is 6.03 Å². The lowest BCUT2D eigenvalue weighted by Crippen LogP contribution is -2.49. The van der Waals surface area contributed by atoms with Gasteiger partial charge in [0.05, 0.1) is 0 Å². The van der Waals surface area contributed by atoms with Crippen LogP contribution in [-0.4, -0.2) is 71.9 Å². The number of nitrogens with two attached hydrogens (primary N) is 2. The van der Waals surface area contributed by atoms with Crippen LogP contribution in [0.2, 0.25) is 0 Å². The van der Waals surface area contributed by atoms with E-state index in [2.05, 4.69) is 26.3 Å². The Labute approximate surface area is 185 Å². The van der Waals surface area contributed by atoms with Crippen molar-refractivity contribution in [3.05, 3.63) is 12.3 Å². The summed E-state index contributed by atoms with van der Waals surface area (Å²) in [4.78, 5) is 17.8. The van der Waals surface area contributed by atoms with E-state index in [0.29, 0.717) is 31.5 Å². The minimum atomic E-state index is -1.03. The first-order valence-electron chi connectivity index (χ1n) is 10.9. The Bertz CT molecular complexity index is 616. The first-order valence-corrected chi connectivity index (χ1v) is 10.9. The number of hydrogen-bond donors (Lipinski definition) is 8. The molecule has 1 rings (SSSR count). The molecule has 0 saturated heterocycles. The van der Waals surface area contributed by atoms with Crippen molar-refractivity contribution >= 4 is 17.8 Å². The van der Waals surface area contributed by atoms with Crippen molar-refractivity contribution in [1.82, 2.24) is 26.2 Å². The van der Waals surface area contributed by atoms with Crippen LogP contribution < -0.4 is 32.7 Å². The number of nitrogens with one attached hydrogen (secondary N) is 5. The molecule has 1 aliphatic heterocycles. The molecular formula is C20H41N9O2. The van der Waals surface area contributed by atoms with E-state index in [9.17, 15) is 9.90 Å². The standard InChI is InChI=1S/C20H41N9O2/c1-20(2,3)28-18(30)26-16-9-14-29(19(31)27-16)13-5-8-15(24-12-6-10-21)7-4-11-25-17(22)23/h9,14-15,19,24,31H,4-8,10-13,21H2,1-3H3,(H4,22,23,25)(H2,26,27,28,30)/t15-,19?/m0/s1. The summed E-state index contributed by atoms with van der Waals surface area (Å²) in [6.07, 6.45) is 6.98. The van der Waals surface area contributed by atoms with Crippen molar-refractivity contribution in [2.24, 2.45) is 16.5 Å².